The van der Waals surface area contributed by atoms with Crippen LogP contribution in [0, 0.1) is 6.92 Å². The van der Waals surface area contributed by atoms with Crippen molar-refractivity contribution in [3.8, 4) is 0 Å². The first kappa shape index (κ1) is 9.06. The number of fused-ring (bicyclic) bond motifs is 1. The molecule has 3 heteroatoms. The summed E-state index contributed by atoms with van der Waals surface area (Å²) in [6.45, 7) is 3.99. The Morgan fingerprint density at radius 2 is 2.14 bits per heavy atom. The fourth-order valence-electron chi connectivity index (χ4n) is 1.75. The number of hydrogen-bond acceptors (Lipinski definition) is 2. The van der Waals surface area contributed by atoms with Gasteiger partial charge in [-0.1, -0.05) is 19.1 Å². The molecule has 1 unspecified atom stereocenters. The molecule has 14 heavy (non-hydrogen) atoms. The smallest absolute Gasteiger partial charge is 0.255 e. The van der Waals surface area contributed by atoms with Gasteiger partial charge in [-0.3, -0.25) is 4.79 Å². The van der Waals surface area contributed by atoms with Crippen molar-refractivity contribution in [3.05, 3.63) is 29.3 Å². The first-order valence-corrected chi connectivity index (χ1v) is 4.89. The molecule has 0 saturated carbocycles. The molecular formula is C11H14N2O. The van der Waals surface area contributed by atoms with Gasteiger partial charge in [-0.05, 0) is 25.0 Å². The van der Waals surface area contributed by atoms with Crippen molar-refractivity contribution < 1.29 is 4.79 Å². The minimum Gasteiger partial charge on any atom is -0.365 e. The third-order valence-corrected chi connectivity index (χ3v) is 2.54. The lowest BCUT2D eigenvalue weighted by Crippen LogP contribution is -2.44. The SMILES string of the molecule is CCC1NC(=O)c2c(C)cccc2N1. The summed E-state index contributed by atoms with van der Waals surface area (Å²) < 4.78 is 0. The molecule has 74 valence electrons. The van der Waals surface area contributed by atoms with Crippen LogP contribution in [-0.4, -0.2) is 12.1 Å². The molecule has 2 rings (SSSR count). The van der Waals surface area contributed by atoms with E-state index in [0.29, 0.717) is 0 Å². The van der Waals surface area contributed by atoms with E-state index in [1.54, 1.807) is 0 Å². The minimum atomic E-state index is 0.0312. The van der Waals surface area contributed by atoms with Crippen LogP contribution in [0.3, 0.4) is 0 Å². The molecule has 0 bridgehead atoms. The van der Waals surface area contributed by atoms with Gasteiger partial charge in [0.05, 0.1) is 11.7 Å². The van der Waals surface area contributed by atoms with E-state index >= 15 is 0 Å². The maximum atomic E-state index is 11.7. The van der Waals surface area contributed by atoms with E-state index in [2.05, 4.69) is 10.6 Å². The Morgan fingerprint density at radius 3 is 2.86 bits per heavy atom. The van der Waals surface area contributed by atoms with Crippen LogP contribution in [0.4, 0.5) is 5.69 Å². The second kappa shape index (κ2) is 3.33. The molecule has 0 fully saturated rings. The van der Waals surface area contributed by atoms with Gasteiger partial charge in [-0.25, -0.2) is 0 Å². The maximum Gasteiger partial charge on any atom is 0.255 e. The van der Waals surface area contributed by atoms with Crippen LogP contribution in [0.1, 0.15) is 29.3 Å². The molecule has 0 radical (unpaired) electrons. The molecule has 0 spiro atoms. The Bertz CT molecular complexity index is 374. The highest BCUT2D eigenvalue weighted by Gasteiger charge is 2.23. The fraction of sp³-hybridized carbons (Fsp3) is 0.364. The minimum absolute atomic E-state index is 0.0312. The van der Waals surface area contributed by atoms with Crippen LogP contribution >= 0.6 is 0 Å². The van der Waals surface area contributed by atoms with Crippen molar-refractivity contribution in [2.24, 2.45) is 0 Å². The van der Waals surface area contributed by atoms with E-state index in [0.717, 1.165) is 23.2 Å². The topological polar surface area (TPSA) is 41.1 Å². The van der Waals surface area contributed by atoms with Crippen molar-refractivity contribution in [1.82, 2.24) is 5.32 Å². The lowest BCUT2D eigenvalue weighted by Gasteiger charge is -2.27. The fourth-order valence-corrected chi connectivity index (χ4v) is 1.75. The Balaban J connectivity index is 2.45. The van der Waals surface area contributed by atoms with E-state index in [9.17, 15) is 4.79 Å². The van der Waals surface area contributed by atoms with Crippen LogP contribution in [0.2, 0.25) is 0 Å². The molecule has 0 saturated heterocycles. The van der Waals surface area contributed by atoms with Gasteiger partial charge in [-0.2, -0.15) is 0 Å². The Kier molecular flexibility index (Phi) is 2.15. The number of rotatable bonds is 1. The molecule has 3 nitrogen and oxygen atoms in total. The zero-order valence-electron chi connectivity index (χ0n) is 8.42. The van der Waals surface area contributed by atoms with Gasteiger partial charge < -0.3 is 10.6 Å². The predicted molar refractivity (Wildman–Crippen MR) is 56.3 cm³/mol. The average Bonchev–Trinajstić information content (AvgIpc) is 2.17. The van der Waals surface area contributed by atoms with Crippen LogP contribution in [-0.2, 0) is 0 Å². The first-order chi connectivity index (χ1) is 6.72. The Hall–Kier alpha value is -1.51. The molecule has 1 aliphatic heterocycles. The number of aryl methyl sites for hydroxylation is 1. The van der Waals surface area contributed by atoms with Crippen molar-refractivity contribution in [1.29, 1.82) is 0 Å². The maximum absolute atomic E-state index is 11.7. The standard InChI is InChI=1S/C11H14N2O/c1-3-9-12-8-6-4-5-7(2)10(8)11(14)13-9/h4-6,9,12H,3H2,1-2H3,(H,13,14). The number of carbonyl (C=O) groups excluding carboxylic acids is 1. The van der Waals surface area contributed by atoms with Crippen LogP contribution in [0.15, 0.2) is 18.2 Å². The third-order valence-electron chi connectivity index (χ3n) is 2.54. The molecule has 1 aliphatic rings. The zero-order valence-corrected chi connectivity index (χ0v) is 8.42. The number of benzene rings is 1. The van der Waals surface area contributed by atoms with Gasteiger partial charge in [0, 0.05) is 5.69 Å². The molecular weight excluding hydrogens is 176 g/mol. The van der Waals surface area contributed by atoms with Gasteiger partial charge in [0.1, 0.15) is 0 Å². The van der Waals surface area contributed by atoms with Crippen molar-refractivity contribution >= 4 is 11.6 Å². The van der Waals surface area contributed by atoms with Crippen molar-refractivity contribution in [2.75, 3.05) is 5.32 Å². The van der Waals surface area contributed by atoms with Gasteiger partial charge >= 0.3 is 0 Å². The number of carbonyl (C=O) groups is 1. The van der Waals surface area contributed by atoms with Crippen molar-refractivity contribution in [2.45, 2.75) is 26.4 Å². The van der Waals surface area contributed by atoms with Gasteiger partial charge in [0.15, 0.2) is 0 Å². The van der Waals surface area contributed by atoms with Crippen LogP contribution in [0.25, 0.3) is 0 Å². The summed E-state index contributed by atoms with van der Waals surface area (Å²) >= 11 is 0. The molecule has 2 N–H and O–H groups in total. The lowest BCUT2D eigenvalue weighted by molar-refractivity contribution is 0.0934. The van der Waals surface area contributed by atoms with Gasteiger partial charge in [-0.15, -0.1) is 0 Å². The third kappa shape index (κ3) is 1.35. The molecule has 1 aromatic rings. The molecule has 1 aromatic carbocycles. The second-order valence-electron chi connectivity index (χ2n) is 3.58. The summed E-state index contributed by atoms with van der Waals surface area (Å²) in [4.78, 5) is 11.7. The number of nitrogens with one attached hydrogen (secondary N) is 2. The normalized spacial score (nSPS) is 19.6. The Labute approximate surface area is 83.5 Å². The molecule has 1 heterocycles. The molecule has 0 aliphatic carbocycles. The highest BCUT2D eigenvalue weighted by Crippen LogP contribution is 2.23. The summed E-state index contributed by atoms with van der Waals surface area (Å²) in [6, 6.07) is 5.86. The highest BCUT2D eigenvalue weighted by molar-refractivity contribution is 6.02. The zero-order chi connectivity index (χ0) is 10.1. The molecule has 0 aromatic heterocycles. The summed E-state index contributed by atoms with van der Waals surface area (Å²) in [7, 11) is 0. The summed E-state index contributed by atoms with van der Waals surface area (Å²) in [5, 5.41) is 6.20. The monoisotopic (exact) mass is 190 g/mol. The van der Waals surface area contributed by atoms with Crippen molar-refractivity contribution in [3.63, 3.8) is 0 Å². The summed E-state index contributed by atoms with van der Waals surface area (Å²) in [6.07, 6.45) is 0.954. The number of hydrogen-bond donors (Lipinski definition) is 2. The lowest BCUT2D eigenvalue weighted by atomic mass is 10.0. The molecule has 1 atom stereocenters. The van der Waals surface area contributed by atoms with E-state index < -0.39 is 0 Å². The number of anilines is 1. The molecule has 1 amide bonds. The van der Waals surface area contributed by atoms with E-state index in [1.165, 1.54) is 0 Å². The predicted octanol–water partition coefficient (Wildman–Crippen LogP) is 1.89. The Morgan fingerprint density at radius 1 is 1.36 bits per heavy atom. The second-order valence-corrected chi connectivity index (χ2v) is 3.58. The van der Waals surface area contributed by atoms with E-state index in [4.69, 9.17) is 0 Å². The van der Waals surface area contributed by atoms with Crippen LogP contribution < -0.4 is 10.6 Å². The first-order valence-electron chi connectivity index (χ1n) is 4.89. The quantitative estimate of drug-likeness (QED) is 0.710. The van der Waals surface area contributed by atoms with Gasteiger partial charge in [0.2, 0.25) is 0 Å². The largest absolute Gasteiger partial charge is 0.365 e. The summed E-state index contributed by atoms with van der Waals surface area (Å²) in [5.41, 5.74) is 2.74. The van der Waals surface area contributed by atoms with Gasteiger partial charge in [0.25, 0.3) is 5.91 Å². The highest BCUT2D eigenvalue weighted by atomic mass is 16.2. The summed E-state index contributed by atoms with van der Waals surface area (Å²) in [5.74, 6) is 0.0312. The van der Waals surface area contributed by atoms with Crippen LogP contribution in [0.5, 0.6) is 0 Å². The average molecular weight is 190 g/mol. The van der Waals surface area contributed by atoms with E-state index in [-0.39, 0.29) is 12.1 Å². The van der Waals surface area contributed by atoms with E-state index in [1.807, 2.05) is 32.0 Å². The number of amides is 1.